The van der Waals surface area contributed by atoms with Crippen molar-refractivity contribution in [3.8, 4) is 0 Å². The second kappa shape index (κ2) is 5.95. The summed E-state index contributed by atoms with van der Waals surface area (Å²) in [5, 5.41) is 0. The molecule has 3 rings (SSSR count). The number of rotatable bonds is 3. The SMILES string of the molecule is CCCC1CCC(n2c(N)nc3cc(F)c(Br)cc32)CC1. The van der Waals surface area contributed by atoms with Crippen LogP contribution < -0.4 is 5.73 Å². The molecule has 0 aliphatic heterocycles. The fraction of sp³-hybridized carbons (Fsp3) is 0.562. The third-order valence-corrected chi connectivity index (χ3v) is 5.24. The van der Waals surface area contributed by atoms with Crippen LogP contribution in [0.15, 0.2) is 16.6 Å². The highest BCUT2D eigenvalue weighted by Gasteiger charge is 2.25. The van der Waals surface area contributed by atoms with Crippen LogP contribution in [0.5, 0.6) is 0 Å². The van der Waals surface area contributed by atoms with Crippen LogP contribution in [0, 0.1) is 11.7 Å². The third-order valence-electron chi connectivity index (χ3n) is 4.64. The molecule has 2 aromatic rings. The number of nitrogens with zero attached hydrogens (tertiary/aromatic N) is 2. The van der Waals surface area contributed by atoms with Crippen LogP contribution >= 0.6 is 15.9 Å². The zero-order valence-corrected chi connectivity index (χ0v) is 13.9. The van der Waals surface area contributed by atoms with E-state index in [-0.39, 0.29) is 5.82 Å². The van der Waals surface area contributed by atoms with E-state index in [2.05, 4.69) is 32.4 Å². The van der Waals surface area contributed by atoms with Gasteiger partial charge in [-0.3, -0.25) is 0 Å². The van der Waals surface area contributed by atoms with Gasteiger partial charge in [-0.2, -0.15) is 0 Å². The first-order valence-electron chi connectivity index (χ1n) is 7.72. The minimum atomic E-state index is -0.293. The number of nitrogens with two attached hydrogens (primary N) is 1. The third kappa shape index (κ3) is 2.80. The number of anilines is 1. The van der Waals surface area contributed by atoms with E-state index in [4.69, 9.17) is 5.73 Å². The summed E-state index contributed by atoms with van der Waals surface area (Å²) >= 11 is 3.26. The maximum Gasteiger partial charge on any atom is 0.201 e. The molecule has 0 radical (unpaired) electrons. The molecule has 21 heavy (non-hydrogen) atoms. The van der Waals surface area contributed by atoms with Gasteiger partial charge in [-0.15, -0.1) is 0 Å². The summed E-state index contributed by atoms with van der Waals surface area (Å²) in [5.74, 6) is 1.06. The summed E-state index contributed by atoms with van der Waals surface area (Å²) in [6.45, 7) is 2.25. The van der Waals surface area contributed by atoms with E-state index in [1.807, 2.05) is 0 Å². The molecule has 114 valence electrons. The summed E-state index contributed by atoms with van der Waals surface area (Å²) in [6, 6.07) is 3.64. The Balaban J connectivity index is 1.90. The van der Waals surface area contributed by atoms with Crippen molar-refractivity contribution in [1.29, 1.82) is 0 Å². The Kier molecular flexibility index (Phi) is 4.20. The first-order valence-corrected chi connectivity index (χ1v) is 8.52. The van der Waals surface area contributed by atoms with E-state index < -0.39 is 0 Å². The van der Waals surface area contributed by atoms with Crippen LogP contribution in [0.2, 0.25) is 0 Å². The van der Waals surface area contributed by atoms with E-state index in [1.165, 1.54) is 31.7 Å². The second-order valence-corrected chi connectivity index (χ2v) is 6.91. The van der Waals surface area contributed by atoms with Crippen LogP contribution in [0.3, 0.4) is 0 Å². The van der Waals surface area contributed by atoms with Crippen molar-refractivity contribution in [2.45, 2.75) is 51.5 Å². The molecule has 0 amide bonds. The zero-order valence-electron chi connectivity index (χ0n) is 12.3. The molecule has 1 aromatic heterocycles. The molecule has 1 fully saturated rings. The number of benzene rings is 1. The van der Waals surface area contributed by atoms with Crippen molar-refractivity contribution >= 4 is 32.9 Å². The quantitative estimate of drug-likeness (QED) is 0.838. The van der Waals surface area contributed by atoms with Crippen LogP contribution in [0.25, 0.3) is 11.0 Å². The van der Waals surface area contributed by atoms with E-state index in [0.29, 0.717) is 22.0 Å². The Morgan fingerprint density at radius 2 is 2.05 bits per heavy atom. The number of fused-ring (bicyclic) bond motifs is 1. The standard InChI is InChI=1S/C16H21BrFN3/c1-2-3-10-4-6-11(7-5-10)21-15-8-12(17)13(18)9-14(15)20-16(21)19/h8-11H,2-7H2,1H3,(H2,19,20). The monoisotopic (exact) mass is 353 g/mol. The summed E-state index contributed by atoms with van der Waals surface area (Å²) in [7, 11) is 0. The highest BCUT2D eigenvalue weighted by atomic mass is 79.9. The Hall–Kier alpha value is -1.10. The number of hydrogen-bond donors (Lipinski definition) is 1. The topological polar surface area (TPSA) is 43.8 Å². The Morgan fingerprint density at radius 1 is 1.33 bits per heavy atom. The predicted molar refractivity (Wildman–Crippen MR) is 87.7 cm³/mol. The molecule has 1 heterocycles. The number of nitrogen functional groups attached to an aromatic ring is 1. The average molecular weight is 354 g/mol. The van der Waals surface area contributed by atoms with Gasteiger partial charge in [0.15, 0.2) is 0 Å². The lowest BCUT2D eigenvalue weighted by Gasteiger charge is -2.30. The lowest BCUT2D eigenvalue weighted by molar-refractivity contribution is 0.267. The van der Waals surface area contributed by atoms with E-state index in [0.717, 1.165) is 24.3 Å². The molecular formula is C16H21BrFN3. The van der Waals surface area contributed by atoms with Gasteiger partial charge in [0.25, 0.3) is 0 Å². The number of imidazole rings is 1. The van der Waals surface area contributed by atoms with Crippen molar-refractivity contribution in [2.24, 2.45) is 5.92 Å². The fourth-order valence-corrected chi connectivity index (χ4v) is 3.92. The summed E-state index contributed by atoms with van der Waals surface area (Å²) in [4.78, 5) is 4.33. The van der Waals surface area contributed by atoms with Gasteiger partial charge < -0.3 is 10.3 Å². The Labute approximate surface area is 132 Å². The van der Waals surface area contributed by atoms with Crippen LogP contribution in [-0.2, 0) is 0 Å². The minimum absolute atomic E-state index is 0.293. The lowest BCUT2D eigenvalue weighted by atomic mass is 9.83. The van der Waals surface area contributed by atoms with Crippen molar-refractivity contribution in [3.05, 3.63) is 22.4 Å². The first-order chi connectivity index (χ1) is 10.1. The molecule has 0 spiro atoms. The number of halogens is 2. The van der Waals surface area contributed by atoms with Crippen LogP contribution in [0.1, 0.15) is 51.5 Å². The molecule has 0 atom stereocenters. The van der Waals surface area contributed by atoms with Crippen molar-refractivity contribution in [1.82, 2.24) is 9.55 Å². The summed E-state index contributed by atoms with van der Waals surface area (Å²) < 4.78 is 16.2. The molecule has 0 unspecified atom stereocenters. The average Bonchev–Trinajstić information content (AvgIpc) is 2.76. The second-order valence-electron chi connectivity index (χ2n) is 6.06. The van der Waals surface area contributed by atoms with Crippen LogP contribution in [0.4, 0.5) is 10.3 Å². The van der Waals surface area contributed by atoms with Gasteiger partial charge in [-0.05, 0) is 53.6 Å². The number of aromatic nitrogens is 2. The molecule has 0 bridgehead atoms. The van der Waals surface area contributed by atoms with Gasteiger partial charge in [-0.1, -0.05) is 19.8 Å². The Morgan fingerprint density at radius 3 is 2.71 bits per heavy atom. The minimum Gasteiger partial charge on any atom is -0.369 e. The molecule has 1 aliphatic rings. The van der Waals surface area contributed by atoms with Crippen molar-refractivity contribution in [3.63, 3.8) is 0 Å². The van der Waals surface area contributed by atoms with Gasteiger partial charge >= 0.3 is 0 Å². The zero-order chi connectivity index (χ0) is 15.0. The fourth-order valence-electron chi connectivity index (χ4n) is 3.59. The molecule has 1 saturated carbocycles. The molecule has 3 nitrogen and oxygen atoms in total. The van der Waals surface area contributed by atoms with E-state index >= 15 is 0 Å². The van der Waals surface area contributed by atoms with Crippen molar-refractivity contribution < 1.29 is 4.39 Å². The maximum atomic E-state index is 13.6. The van der Waals surface area contributed by atoms with Gasteiger partial charge in [0.1, 0.15) is 5.82 Å². The predicted octanol–water partition coefficient (Wildman–Crippen LogP) is 5.05. The summed E-state index contributed by atoms with van der Waals surface area (Å²) in [6.07, 6.45) is 7.35. The van der Waals surface area contributed by atoms with Crippen molar-refractivity contribution in [2.75, 3.05) is 5.73 Å². The normalized spacial score (nSPS) is 22.8. The van der Waals surface area contributed by atoms with Gasteiger partial charge in [-0.25, -0.2) is 9.37 Å². The largest absolute Gasteiger partial charge is 0.369 e. The Bertz CT molecular complexity index is 644. The smallest absolute Gasteiger partial charge is 0.201 e. The molecule has 1 aliphatic carbocycles. The summed E-state index contributed by atoms with van der Waals surface area (Å²) in [5.41, 5.74) is 7.66. The van der Waals surface area contributed by atoms with Gasteiger partial charge in [0, 0.05) is 12.1 Å². The molecule has 0 saturated heterocycles. The molecule has 5 heteroatoms. The van der Waals surface area contributed by atoms with E-state index in [1.54, 1.807) is 6.07 Å². The highest BCUT2D eigenvalue weighted by molar-refractivity contribution is 9.10. The molecule has 2 N–H and O–H groups in total. The first kappa shape index (κ1) is 14.8. The lowest BCUT2D eigenvalue weighted by Crippen LogP contribution is -2.19. The van der Waals surface area contributed by atoms with Crippen LogP contribution in [-0.4, -0.2) is 9.55 Å². The highest BCUT2D eigenvalue weighted by Crippen LogP contribution is 2.38. The molecular weight excluding hydrogens is 333 g/mol. The van der Waals surface area contributed by atoms with Gasteiger partial charge in [0.2, 0.25) is 5.95 Å². The maximum absolute atomic E-state index is 13.6. The van der Waals surface area contributed by atoms with E-state index in [9.17, 15) is 4.39 Å². The molecule has 1 aromatic carbocycles. The van der Waals surface area contributed by atoms with Gasteiger partial charge in [0.05, 0.1) is 15.5 Å². The number of hydrogen-bond acceptors (Lipinski definition) is 2.